The lowest BCUT2D eigenvalue weighted by Gasteiger charge is -2.04. The smallest absolute Gasteiger partial charge is 0.306 e. The highest BCUT2D eigenvalue weighted by Crippen LogP contribution is 2.21. The van der Waals surface area contributed by atoms with Crippen LogP contribution in [0.1, 0.15) is 5.56 Å². The molecule has 0 aliphatic rings. The van der Waals surface area contributed by atoms with Gasteiger partial charge in [-0.25, -0.2) is 0 Å². The quantitative estimate of drug-likeness (QED) is 0.823. The standard InChI is InChI=1S/C8H7ClN4O/c1-5-4-6(9)2-3-7(5)10-8-11-12-13-14-8/h2-4H,1H3,(H,10,11,13). The molecule has 14 heavy (non-hydrogen) atoms. The van der Waals surface area contributed by atoms with Gasteiger partial charge in [0.1, 0.15) is 0 Å². The number of halogens is 1. The Morgan fingerprint density at radius 3 is 2.93 bits per heavy atom. The molecular formula is C8H7ClN4O. The van der Waals surface area contributed by atoms with Crippen molar-refractivity contribution >= 4 is 23.3 Å². The van der Waals surface area contributed by atoms with Gasteiger partial charge in [-0.2, -0.15) is 0 Å². The Bertz CT molecular complexity index is 429. The van der Waals surface area contributed by atoms with Crippen molar-refractivity contribution in [3.05, 3.63) is 28.8 Å². The van der Waals surface area contributed by atoms with E-state index in [4.69, 9.17) is 16.1 Å². The third-order valence-electron chi connectivity index (χ3n) is 1.73. The number of aromatic nitrogens is 3. The van der Waals surface area contributed by atoms with Crippen LogP contribution in [0.2, 0.25) is 5.02 Å². The normalized spacial score (nSPS) is 10.1. The number of rotatable bonds is 2. The summed E-state index contributed by atoms with van der Waals surface area (Å²) in [6, 6.07) is 5.71. The molecule has 6 heteroatoms. The van der Waals surface area contributed by atoms with Crippen molar-refractivity contribution < 1.29 is 4.52 Å². The van der Waals surface area contributed by atoms with Crippen molar-refractivity contribution in [2.24, 2.45) is 0 Å². The molecule has 0 aliphatic carbocycles. The lowest BCUT2D eigenvalue weighted by molar-refractivity contribution is 0.406. The molecule has 2 aromatic rings. The summed E-state index contributed by atoms with van der Waals surface area (Å²) in [5, 5.41) is 13.8. The molecule has 72 valence electrons. The van der Waals surface area contributed by atoms with Crippen LogP contribution < -0.4 is 5.32 Å². The highest BCUT2D eigenvalue weighted by Gasteiger charge is 2.03. The highest BCUT2D eigenvalue weighted by molar-refractivity contribution is 6.30. The fraction of sp³-hybridized carbons (Fsp3) is 0.125. The molecule has 0 fully saturated rings. The Balaban J connectivity index is 2.25. The average Bonchev–Trinajstić information content (AvgIpc) is 2.62. The zero-order valence-corrected chi connectivity index (χ0v) is 8.12. The van der Waals surface area contributed by atoms with Crippen molar-refractivity contribution in [3.63, 3.8) is 0 Å². The molecule has 0 saturated heterocycles. The number of nitrogens with one attached hydrogen (secondary N) is 1. The molecule has 1 aromatic heterocycles. The molecule has 0 atom stereocenters. The molecular weight excluding hydrogens is 204 g/mol. The van der Waals surface area contributed by atoms with Crippen molar-refractivity contribution in [3.8, 4) is 0 Å². The molecule has 2 rings (SSSR count). The molecule has 5 nitrogen and oxygen atoms in total. The SMILES string of the molecule is Cc1cc(Cl)ccc1Nc1nnno1. The van der Waals surface area contributed by atoms with E-state index >= 15 is 0 Å². The van der Waals surface area contributed by atoms with E-state index in [1.165, 1.54) is 0 Å². The Morgan fingerprint density at radius 1 is 1.43 bits per heavy atom. The summed E-state index contributed by atoms with van der Waals surface area (Å²) in [5.41, 5.74) is 1.86. The number of nitrogens with zero attached hydrogens (tertiary/aromatic N) is 3. The van der Waals surface area contributed by atoms with Gasteiger partial charge in [-0.1, -0.05) is 16.7 Å². The monoisotopic (exact) mass is 210 g/mol. The van der Waals surface area contributed by atoms with Crippen LogP contribution in [0.5, 0.6) is 0 Å². The van der Waals surface area contributed by atoms with Gasteiger partial charge in [0.2, 0.25) is 0 Å². The van der Waals surface area contributed by atoms with Crippen LogP contribution in [-0.2, 0) is 0 Å². The second kappa shape index (κ2) is 3.63. The second-order valence-electron chi connectivity index (χ2n) is 2.75. The summed E-state index contributed by atoms with van der Waals surface area (Å²) in [5.74, 6) is 0. The maximum Gasteiger partial charge on any atom is 0.346 e. The fourth-order valence-electron chi connectivity index (χ4n) is 1.06. The third-order valence-corrected chi connectivity index (χ3v) is 1.96. The molecule has 0 bridgehead atoms. The molecule has 1 heterocycles. The van der Waals surface area contributed by atoms with Crippen LogP contribution in [0.25, 0.3) is 0 Å². The second-order valence-corrected chi connectivity index (χ2v) is 3.19. The average molecular weight is 211 g/mol. The van der Waals surface area contributed by atoms with Crippen LogP contribution in [-0.4, -0.2) is 15.6 Å². The topological polar surface area (TPSA) is 63.8 Å². The van der Waals surface area contributed by atoms with E-state index in [2.05, 4.69) is 20.9 Å². The molecule has 1 N–H and O–H groups in total. The highest BCUT2D eigenvalue weighted by atomic mass is 35.5. The first-order valence-corrected chi connectivity index (χ1v) is 4.32. The van der Waals surface area contributed by atoms with Crippen molar-refractivity contribution in [1.82, 2.24) is 15.6 Å². The molecule has 0 amide bonds. The lowest BCUT2D eigenvalue weighted by Crippen LogP contribution is -1.92. The first-order valence-electron chi connectivity index (χ1n) is 3.94. The Kier molecular flexibility index (Phi) is 2.32. The van der Waals surface area contributed by atoms with Crippen molar-refractivity contribution in [2.45, 2.75) is 6.92 Å². The number of aryl methyl sites for hydroxylation is 1. The predicted octanol–water partition coefficient (Wildman–Crippen LogP) is 2.17. The van der Waals surface area contributed by atoms with E-state index in [-0.39, 0.29) is 6.01 Å². The minimum Gasteiger partial charge on any atom is -0.306 e. The Labute approximate surface area is 85.0 Å². The fourth-order valence-corrected chi connectivity index (χ4v) is 1.29. The van der Waals surface area contributed by atoms with Gasteiger partial charge in [-0.05, 0) is 35.9 Å². The lowest BCUT2D eigenvalue weighted by atomic mass is 10.2. The number of hydrogen-bond donors (Lipinski definition) is 1. The summed E-state index contributed by atoms with van der Waals surface area (Å²) in [6.45, 7) is 1.93. The summed E-state index contributed by atoms with van der Waals surface area (Å²) < 4.78 is 4.71. The van der Waals surface area contributed by atoms with Gasteiger partial charge in [-0.15, -0.1) is 0 Å². The van der Waals surface area contributed by atoms with Gasteiger partial charge in [0.25, 0.3) is 0 Å². The van der Waals surface area contributed by atoms with E-state index in [0.717, 1.165) is 11.3 Å². The van der Waals surface area contributed by atoms with Crippen molar-refractivity contribution in [1.29, 1.82) is 0 Å². The summed E-state index contributed by atoms with van der Waals surface area (Å²) >= 11 is 5.81. The van der Waals surface area contributed by atoms with Gasteiger partial charge >= 0.3 is 6.01 Å². The minimum absolute atomic E-state index is 0.260. The molecule has 0 unspecified atom stereocenters. The predicted molar refractivity (Wildman–Crippen MR) is 51.6 cm³/mol. The van der Waals surface area contributed by atoms with Gasteiger partial charge in [0.15, 0.2) is 0 Å². The maximum absolute atomic E-state index is 5.81. The Hall–Kier alpha value is -1.62. The number of hydrogen-bond acceptors (Lipinski definition) is 5. The zero-order valence-electron chi connectivity index (χ0n) is 7.36. The van der Waals surface area contributed by atoms with Crippen LogP contribution >= 0.6 is 11.6 Å². The molecule has 0 radical (unpaired) electrons. The zero-order chi connectivity index (χ0) is 9.97. The summed E-state index contributed by atoms with van der Waals surface area (Å²) in [4.78, 5) is 0. The molecule has 1 aromatic carbocycles. The van der Waals surface area contributed by atoms with Crippen molar-refractivity contribution in [2.75, 3.05) is 5.32 Å². The molecule has 0 saturated carbocycles. The molecule has 0 aliphatic heterocycles. The van der Waals surface area contributed by atoms with Gasteiger partial charge < -0.3 is 5.32 Å². The van der Waals surface area contributed by atoms with E-state index in [1.54, 1.807) is 6.07 Å². The Morgan fingerprint density at radius 2 is 2.29 bits per heavy atom. The number of benzene rings is 1. The largest absolute Gasteiger partial charge is 0.346 e. The van der Waals surface area contributed by atoms with Crippen LogP contribution in [0.3, 0.4) is 0 Å². The van der Waals surface area contributed by atoms with E-state index in [1.807, 2.05) is 19.1 Å². The van der Waals surface area contributed by atoms with E-state index < -0.39 is 0 Å². The summed E-state index contributed by atoms with van der Waals surface area (Å²) in [7, 11) is 0. The van der Waals surface area contributed by atoms with Crippen LogP contribution in [0.15, 0.2) is 22.7 Å². The van der Waals surface area contributed by atoms with Gasteiger partial charge in [-0.3, -0.25) is 4.52 Å². The van der Waals surface area contributed by atoms with Gasteiger partial charge in [0, 0.05) is 10.7 Å². The number of anilines is 2. The van der Waals surface area contributed by atoms with E-state index in [9.17, 15) is 0 Å². The minimum atomic E-state index is 0.260. The first-order chi connectivity index (χ1) is 6.75. The van der Waals surface area contributed by atoms with Crippen LogP contribution in [0, 0.1) is 6.92 Å². The van der Waals surface area contributed by atoms with Crippen LogP contribution in [0.4, 0.5) is 11.7 Å². The van der Waals surface area contributed by atoms with Gasteiger partial charge in [0.05, 0.1) is 5.27 Å². The summed E-state index contributed by atoms with van der Waals surface area (Å²) in [6.07, 6.45) is 0. The first kappa shape index (κ1) is 8.96. The maximum atomic E-state index is 5.81. The third kappa shape index (κ3) is 1.82. The van der Waals surface area contributed by atoms with E-state index in [0.29, 0.717) is 5.02 Å². The molecule has 0 spiro atoms.